The summed E-state index contributed by atoms with van der Waals surface area (Å²) in [5.74, 6) is -0.286. The Balaban J connectivity index is 1.66. The highest BCUT2D eigenvalue weighted by Gasteiger charge is 2.33. The van der Waals surface area contributed by atoms with Crippen molar-refractivity contribution in [2.75, 3.05) is 6.61 Å². The smallest absolute Gasteiger partial charge is 0.417 e. The first-order valence-electron chi connectivity index (χ1n) is 8.32. The van der Waals surface area contributed by atoms with Crippen LogP contribution in [0.5, 0.6) is 5.75 Å². The summed E-state index contributed by atoms with van der Waals surface area (Å²) in [6, 6.07) is 11.6. The summed E-state index contributed by atoms with van der Waals surface area (Å²) >= 11 is 0. The number of amides is 1. The summed E-state index contributed by atoms with van der Waals surface area (Å²) < 4.78 is 49.2. The van der Waals surface area contributed by atoms with Gasteiger partial charge in [-0.15, -0.1) is 0 Å². The molecule has 0 fully saturated rings. The second-order valence-electron chi connectivity index (χ2n) is 6.19. The molecule has 0 aliphatic heterocycles. The number of carbonyl (C=O) groups is 1. The number of benzene rings is 2. The molecule has 0 spiro atoms. The van der Waals surface area contributed by atoms with E-state index in [0.717, 1.165) is 23.3 Å². The summed E-state index contributed by atoms with van der Waals surface area (Å²) in [5, 5.41) is 2.42. The number of alkyl halides is 3. The predicted molar refractivity (Wildman–Crippen MR) is 96.0 cm³/mol. The molecule has 3 rings (SSSR count). The van der Waals surface area contributed by atoms with Crippen molar-refractivity contribution >= 4 is 16.9 Å². The fourth-order valence-corrected chi connectivity index (χ4v) is 2.57. The second kappa shape index (κ2) is 7.75. The Labute approximate surface area is 157 Å². The van der Waals surface area contributed by atoms with Crippen LogP contribution in [0.15, 0.2) is 57.7 Å². The molecular weight excluding hydrogens is 375 g/mol. The molecule has 28 heavy (non-hydrogen) atoms. The minimum Gasteiger partial charge on any atom is -0.484 e. The van der Waals surface area contributed by atoms with Crippen molar-refractivity contribution in [2.24, 2.45) is 0 Å². The third kappa shape index (κ3) is 4.70. The van der Waals surface area contributed by atoms with Crippen molar-refractivity contribution in [3.8, 4) is 5.75 Å². The van der Waals surface area contributed by atoms with E-state index in [9.17, 15) is 22.8 Å². The van der Waals surface area contributed by atoms with Crippen molar-refractivity contribution in [2.45, 2.75) is 19.6 Å². The lowest BCUT2D eigenvalue weighted by atomic mass is 10.1. The zero-order valence-electron chi connectivity index (χ0n) is 14.8. The van der Waals surface area contributed by atoms with Gasteiger partial charge in [0.25, 0.3) is 5.91 Å². The summed E-state index contributed by atoms with van der Waals surface area (Å²) in [6.07, 6.45) is -4.69. The molecule has 5 nitrogen and oxygen atoms in total. The van der Waals surface area contributed by atoms with E-state index in [1.54, 1.807) is 0 Å². The van der Waals surface area contributed by atoms with E-state index in [-0.39, 0.29) is 23.3 Å². The molecule has 2 aromatic carbocycles. The highest BCUT2D eigenvalue weighted by atomic mass is 19.4. The van der Waals surface area contributed by atoms with E-state index in [1.807, 2.05) is 31.2 Å². The maximum Gasteiger partial charge on any atom is 0.417 e. The average molecular weight is 391 g/mol. The lowest BCUT2D eigenvalue weighted by molar-refractivity contribution is -0.136. The lowest BCUT2D eigenvalue weighted by Crippen LogP contribution is -2.28. The van der Waals surface area contributed by atoms with E-state index in [1.165, 1.54) is 6.07 Å². The van der Waals surface area contributed by atoms with Crippen LogP contribution < -0.4 is 15.7 Å². The molecule has 0 bridgehead atoms. The van der Waals surface area contributed by atoms with Gasteiger partial charge in [-0.2, -0.15) is 13.2 Å². The van der Waals surface area contributed by atoms with Crippen molar-refractivity contribution in [3.63, 3.8) is 0 Å². The Morgan fingerprint density at radius 2 is 1.82 bits per heavy atom. The predicted octanol–water partition coefficient (Wildman–Crippen LogP) is 3.82. The Bertz CT molecular complexity index is 1060. The van der Waals surface area contributed by atoms with Crippen molar-refractivity contribution in [1.82, 2.24) is 5.32 Å². The number of hydrogen-bond donors (Lipinski definition) is 1. The molecule has 146 valence electrons. The van der Waals surface area contributed by atoms with Crippen LogP contribution in [0, 0.1) is 6.92 Å². The quantitative estimate of drug-likeness (QED) is 0.672. The second-order valence-corrected chi connectivity index (χ2v) is 6.19. The standard InChI is InChI=1S/C20H16F3NO4/c1-12-2-4-13(5-3-12)10-24-18(25)11-27-14-6-7-15-16(20(21,22)23)9-19(26)28-17(15)8-14/h2-9H,10-11H2,1H3,(H,24,25). The normalized spacial score (nSPS) is 11.4. The first kappa shape index (κ1) is 19.5. The molecule has 0 aliphatic carbocycles. The largest absolute Gasteiger partial charge is 0.484 e. The van der Waals surface area contributed by atoms with E-state index < -0.39 is 23.3 Å². The van der Waals surface area contributed by atoms with Crippen molar-refractivity contribution in [1.29, 1.82) is 0 Å². The minimum atomic E-state index is -4.69. The number of ether oxygens (including phenoxy) is 1. The van der Waals surface area contributed by atoms with Gasteiger partial charge < -0.3 is 14.5 Å². The van der Waals surface area contributed by atoms with Gasteiger partial charge in [-0.1, -0.05) is 29.8 Å². The topological polar surface area (TPSA) is 68.5 Å². The zero-order chi connectivity index (χ0) is 20.3. The monoisotopic (exact) mass is 391 g/mol. The Kier molecular flexibility index (Phi) is 5.39. The molecule has 3 aromatic rings. The maximum atomic E-state index is 13.0. The van der Waals surface area contributed by atoms with Gasteiger partial charge in [0, 0.05) is 24.1 Å². The summed E-state index contributed by atoms with van der Waals surface area (Å²) in [4.78, 5) is 23.3. The van der Waals surface area contributed by atoms with Gasteiger partial charge in [0.15, 0.2) is 6.61 Å². The lowest BCUT2D eigenvalue weighted by Gasteiger charge is -2.11. The van der Waals surface area contributed by atoms with Crippen LogP contribution in [0.25, 0.3) is 11.0 Å². The maximum absolute atomic E-state index is 13.0. The van der Waals surface area contributed by atoms with Crippen LogP contribution in [0.2, 0.25) is 0 Å². The molecule has 1 N–H and O–H groups in total. The molecule has 0 aliphatic rings. The third-order valence-electron chi connectivity index (χ3n) is 4.00. The molecule has 0 radical (unpaired) electrons. The summed E-state index contributed by atoms with van der Waals surface area (Å²) in [5.41, 5.74) is -0.437. The first-order valence-corrected chi connectivity index (χ1v) is 8.32. The van der Waals surface area contributed by atoms with Crippen molar-refractivity contribution in [3.05, 3.63) is 75.6 Å². The molecule has 1 heterocycles. The Morgan fingerprint density at radius 1 is 1.11 bits per heavy atom. The van der Waals surface area contributed by atoms with Gasteiger partial charge in [0.2, 0.25) is 0 Å². The summed E-state index contributed by atoms with van der Waals surface area (Å²) in [6.45, 7) is 1.95. The van der Waals surface area contributed by atoms with Gasteiger partial charge in [-0.25, -0.2) is 4.79 Å². The van der Waals surface area contributed by atoms with Crippen LogP contribution in [-0.2, 0) is 17.5 Å². The van der Waals surface area contributed by atoms with E-state index in [4.69, 9.17) is 9.15 Å². The van der Waals surface area contributed by atoms with Gasteiger partial charge in [-0.05, 0) is 24.6 Å². The number of fused-ring (bicyclic) bond motifs is 1. The third-order valence-corrected chi connectivity index (χ3v) is 4.00. The van der Waals surface area contributed by atoms with Gasteiger partial charge in [-0.3, -0.25) is 4.79 Å². The molecule has 0 saturated carbocycles. The highest BCUT2D eigenvalue weighted by Crippen LogP contribution is 2.34. The number of aryl methyl sites for hydroxylation is 1. The fourth-order valence-electron chi connectivity index (χ4n) is 2.57. The average Bonchev–Trinajstić information content (AvgIpc) is 2.64. The van der Waals surface area contributed by atoms with Gasteiger partial charge in [0.05, 0.1) is 5.56 Å². The highest BCUT2D eigenvalue weighted by molar-refractivity contribution is 5.82. The van der Waals surface area contributed by atoms with E-state index in [2.05, 4.69) is 5.32 Å². The van der Waals surface area contributed by atoms with E-state index >= 15 is 0 Å². The van der Waals surface area contributed by atoms with Crippen LogP contribution in [0.4, 0.5) is 13.2 Å². The minimum absolute atomic E-state index is 0.112. The molecule has 0 saturated heterocycles. The van der Waals surface area contributed by atoms with Crippen molar-refractivity contribution < 1.29 is 27.1 Å². The van der Waals surface area contributed by atoms with Gasteiger partial charge >= 0.3 is 11.8 Å². The number of hydrogen-bond acceptors (Lipinski definition) is 4. The molecule has 8 heteroatoms. The summed E-state index contributed by atoms with van der Waals surface area (Å²) in [7, 11) is 0. The van der Waals surface area contributed by atoms with Gasteiger partial charge in [0.1, 0.15) is 11.3 Å². The fraction of sp³-hybridized carbons (Fsp3) is 0.200. The molecule has 0 atom stereocenters. The SMILES string of the molecule is Cc1ccc(CNC(=O)COc2ccc3c(C(F)(F)F)cc(=O)oc3c2)cc1. The number of carbonyl (C=O) groups excluding carboxylic acids is 1. The van der Waals surface area contributed by atoms with Crippen LogP contribution in [0.1, 0.15) is 16.7 Å². The molecule has 1 amide bonds. The van der Waals surface area contributed by atoms with Crippen LogP contribution in [0.3, 0.4) is 0 Å². The Morgan fingerprint density at radius 3 is 2.50 bits per heavy atom. The molecule has 1 aromatic heterocycles. The van der Waals surface area contributed by atoms with Crippen LogP contribution in [-0.4, -0.2) is 12.5 Å². The van der Waals surface area contributed by atoms with Crippen LogP contribution >= 0.6 is 0 Å². The number of rotatable bonds is 5. The Hall–Kier alpha value is -3.29. The zero-order valence-corrected chi connectivity index (χ0v) is 14.8. The number of halogens is 3. The number of nitrogens with one attached hydrogen (secondary N) is 1. The molecular formula is C20H16F3NO4. The first-order chi connectivity index (χ1) is 13.2. The van der Waals surface area contributed by atoms with E-state index in [0.29, 0.717) is 12.6 Å². The molecule has 0 unspecified atom stereocenters.